The third-order valence-electron chi connectivity index (χ3n) is 8.32. The quantitative estimate of drug-likeness (QED) is 0.0949. The molecule has 0 fully saturated rings. The van der Waals surface area contributed by atoms with Gasteiger partial charge in [-0.3, -0.25) is 4.79 Å². The number of ether oxygens (including phenoxy) is 2. The lowest BCUT2D eigenvalue weighted by Crippen LogP contribution is -2.58. The highest BCUT2D eigenvalue weighted by atomic mass is 16.6. The van der Waals surface area contributed by atoms with Crippen LogP contribution in [0.4, 0.5) is 9.59 Å². The van der Waals surface area contributed by atoms with Crippen molar-refractivity contribution in [3.8, 4) is 0 Å². The smallest absolute Gasteiger partial charge is 0.408 e. The molecular formula is C40H53N5O8. The lowest BCUT2D eigenvalue weighted by Gasteiger charge is -2.33. The van der Waals surface area contributed by atoms with Crippen LogP contribution in [0, 0.1) is 5.41 Å². The number of nitrogens with zero attached hydrogens (tertiary/aromatic N) is 1. The minimum Gasteiger partial charge on any atom is -0.444 e. The Balaban J connectivity index is 1.40. The highest BCUT2D eigenvalue weighted by Crippen LogP contribution is 2.21. The summed E-state index contributed by atoms with van der Waals surface area (Å²) in [5.74, 6) is -0.297. The average Bonchev–Trinajstić information content (AvgIpc) is 3.52. The molecule has 286 valence electrons. The van der Waals surface area contributed by atoms with Crippen molar-refractivity contribution < 1.29 is 38.5 Å². The van der Waals surface area contributed by atoms with Gasteiger partial charge in [0, 0.05) is 13.1 Å². The molecule has 0 saturated heterocycles. The first kappa shape index (κ1) is 40.8. The first-order valence-corrected chi connectivity index (χ1v) is 17.8. The van der Waals surface area contributed by atoms with Gasteiger partial charge in [0.15, 0.2) is 12.2 Å². The molecule has 53 heavy (non-hydrogen) atoms. The van der Waals surface area contributed by atoms with Crippen molar-refractivity contribution in [2.75, 3.05) is 13.1 Å². The number of nitrogens with one attached hydrogen (secondary N) is 4. The van der Waals surface area contributed by atoms with Crippen molar-refractivity contribution in [2.45, 2.75) is 96.9 Å². The van der Waals surface area contributed by atoms with Gasteiger partial charge >= 0.3 is 12.2 Å². The fourth-order valence-electron chi connectivity index (χ4n) is 5.63. The van der Waals surface area contributed by atoms with Crippen LogP contribution in [0.2, 0.25) is 0 Å². The fourth-order valence-corrected chi connectivity index (χ4v) is 5.63. The van der Waals surface area contributed by atoms with Gasteiger partial charge in [0.1, 0.15) is 17.2 Å². The zero-order chi connectivity index (χ0) is 38.6. The van der Waals surface area contributed by atoms with Gasteiger partial charge in [-0.2, -0.15) is 0 Å². The molecule has 13 heteroatoms. The highest BCUT2D eigenvalue weighted by molar-refractivity contribution is 5.86. The Morgan fingerprint density at radius 1 is 0.717 bits per heavy atom. The minimum absolute atomic E-state index is 0.000506. The summed E-state index contributed by atoms with van der Waals surface area (Å²) < 4.78 is 16.4. The van der Waals surface area contributed by atoms with Crippen LogP contribution in [-0.4, -0.2) is 82.3 Å². The van der Waals surface area contributed by atoms with E-state index in [1.165, 1.54) is 0 Å². The zero-order valence-electron chi connectivity index (χ0n) is 31.3. The second-order valence-corrected chi connectivity index (χ2v) is 15.1. The number of carbonyl (C=O) groups excluding carboxylic acids is 3. The molecule has 5 atom stereocenters. The summed E-state index contributed by atoms with van der Waals surface area (Å²) in [6.45, 7) is 10.5. The Morgan fingerprint density at radius 3 is 1.77 bits per heavy atom. The number of rotatable bonds is 16. The molecule has 6 N–H and O–H groups in total. The molecular weight excluding hydrogens is 678 g/mol. The molecule has 3 amide bonds. The van der Waals surface area contributed by atoms with Crippen molar-refractivity contribution in [1.82, 2.24) is 26.3 Å². The number of hydrogen-bond acceptors (Lipinski definition) is 10. The monoisotopic (exact) mass is 731 g/mol. The molecule has 0 aliphatic carbocycles. The van der Waals surface area contributed by atoms with Crippen molar-refractivity contribution in [1.29, 1.82) is 0 Å². The van der Waals surface area contributed by atoms with E-state index in [0.29, 0.717) is 17.5 Å². The van der Waals surface area contributed by atoms with Gasteiger partial charge in [0.05, 0.1) is 24.3 Å². The maximum Gasteiger partial charge on any atom is 0.408 e. The molecule has 4 rings (SSSR count). The number of aromatic nitrogens is 1. The van der Waals surface area contributed by atoms with E-state index in [4.69, 9.17) is 13.9 Å². The van der Waals surface area contributed by atoms with Gasteiger partial charge in [-0.1, -0.05) is 93.6 Å². The maximum absolute atomic E-state index is 13.8. The molecule has 0 spiro atoms. The van der Waals surface area contributed by atoms with Crippen molar-refractivity contribution in [3.05, 3.63) is 102 Å². The van der Waals surface area contributed by atoms with Crippen molar-refractivity contribution in [3.63, 3.8) is 0 Å². The summed E-state index contributed by atoms with van der Waals surface area (Å²) in [5, 5.41) is 34.1. The Kier molecular flexibility index (Phi) is 14.4. The largest absolute Gasteiger partial charge is 0.444 e. The topological polar surface area (TPSA) is 184 Å². The summed E-state index contributed by atoms with van der Waals surface area (Å²) in [5.41, 5.74) is 1.53. The number of aliphatic hydroxyl groups excluding tert-OH is 2. The van der Waals surface area contributed by atoms with E-state index < -0.39 is 59.4 Å². The Hall–Kier alpha value is -4.98. The number of oxazole rings is 1. The van der Waals surface area contributed by atoms with Crippen LogP contribution >= 0.6 is 0 Å². The molecule has 1 unspecified atom stereocenters. The van der Waals surface area contributed by atoms with Crippen molar-refractivity contribution in [2.24, 2.45) is 5.41 Å². The first-order chi connectivity index (χ1) is 25.1. The molecule has 1 aromatic heterocycles. The molecule has 0 aliphatic heterocycles. The van der Waals surface area contributed by atoms with E-state index >= 15 is 0 Å². The highest BCUT2D eigenvalue weighted by Gasteiger charge is 2.36. The van der Waals surface area contributed by atoms with Crippen LogP contribution < -0.4 is 21.3 Å². The van der Waals surface area contributed by atoms with E-state index in [1.807, 2.05) is 72.8 Å². The van der Waals surface area contributed by atoms with E-state index in [2.05, 4.69) is 26.3 Å². The Morgan fingerprint density at radius 2 is 1.25 bits per heavy atom. The summed E-state index contributed by atoms with van der Waals surface area (Å²) in [4.78, 5) is 43.7. The van der Waals surface area contributed by atoms with E-state index in [1.54, 1.807) is 53.7 Å². The zero-order valence-corrected chi connectivity index (χ0v) is 31.3. The van der Waals surface area contributed by atoms with Crippen LogP contribution in [-0.2, 0) is 33.7 Å². The van der Waals surface area contributed by atoms with Crippen LogP contribution in [0.1, 0.15) is 58.6 Å². The number of aliphatic hydroxyl groups is 2. The molecule has 1 heterocycles. The second kappa shape index (κ2) is 18.7. The standard InChI is InChI=1S/C40H53N5O8/c1-39(2,3)35(45-37(49)51-25-34-42-28-19-13-14-20-33(28)52-34)36(48)43-29(21-26-15-9-7-10-16-26)31(46)23-41-24-32(47)30(22-27-17-11-8-12-18-27)44-38(50)53-40(4,5)6/h7-20,29-32,35,41,46-47H,21-25H2,1-6H3,(H,43,48)(H,44,50)(H,45,49)/t29?,30-,31+,32+,35+/m1/s1. The molecule has 0 aliphatic rings. The number of benzene rings is 3. The van der Waals surface area contributed by atoms with E-state index in [0.717, 1.165) is 11.1 Å². The third-order valence-corrected chi connectivity index (χ3v) is 8.32. The number of hydrogen-bond donors (Lipinski definition) is 6. The van der Waals surface area contributed by atoms with Crippen LogP contribution in [0.15, 0.2) is 89.3 Å². The normalized spacial score (nSPS) is 14.7. The SMILES string of the molecule is CC(C)(C)OC(=O)N[C@H](Cc1ccccc1)[C@@H](O)CNC[C@H](O)C(Cc1ccccc1)NC(=O)[C@H](NC(=O)OCc1nc2ccccc2o1)C(C)(C)C. The summed E-state index contributed by atoms with van der Waals surface area (Å²) in [6.07, 6.45) is -3.01. The molecule has 0 saturated carbocycles. The Labute approximate surface area is 310 Å². The molecule has 0 radical (unpaired) electrons. The van der Waals surface area contributed by atoms with Gasteiger partial charge in [-0.05, 0) is 62.3 Å². The average molecular weight is 732 g/mol. The summed E-state index contributed by atoms with van der Waals surface area (Å²) >= 11 is 0. The predicted molar refractivity (Wildman–Crippen MR) is 201 cm³/mol. The predicted octanol–water partition coefficient (Wildman–Crippen LogP) is 4.64. The number of amides is 3. The van der Waals surface area contributed by atoms with E-state index in [9.17, 15) is 24.6 Å². The number of fused-ring (bicyclic) bond motifs is 1. The Bertz CT molecular complexity index is 1720. The summed E-state index contributed by atoms with van der Waals surface area (Å²) in [7, 11) is 0. The molecule has 3 aromatic carbocycles. The van der Waals surface area contributed by atoms with Gasteiger partial charge in [0.25, 0.3) is 0 Å². The van der Waals surface area contributed by atoms with Crippen LogP contribution in [0.3, 0.4) is 0 Å². The molecule has 4 aromatic rings. The van der Waals surface area contributed by atoms with Crippen molar-refractivity contribution >= 4 is 29.2 Å². The van der Waals surface area contributed by atoms with Gasteiger partial charge in [-0.15, -0.1) is 0 Å². The van der Waals surface area contributed by atoms with Gasteiger partial charge < -0.3 is 45.4 Å². The maximum atomic E-state index is 13.8. The van der Waals surface area contributed by atoms with Crippen LogP contribution in [0.25, 0.3) is 11.1 Å². The fraction of sp³-hybridized carbons (Fsp3) is 0.450. The van der Waals surface area contributed by atoms with Gasteiger partial charge in [0.2, 0.25) is 11.8 Å². The number of alkyl carbamates (subject to hydrolysis) is 2. The minimum atomic E-state index is -1.11. The molecule has 13 nitrogen and oxygen atoms in total. The van der Waals surface area contributed by atoms with Gasteiger partial charge in [-0.25, -0.2) is 14.6 Å². The van der Waals surface area contributed by atoms with E-state index in [-0.39, 0.29) is 32.0 Å². The first-order valence-electron chi connectivity index (χ1n) is 17.8. The molecule has 0 bridgehead atoms. The summed E-state index contributed by atoms with van der Waals surface area (Å²) in [6, 6.07) is 23.5. The number of para-hydroxylation sites is 2. The lowest BCUT2D eigenvalue weighted by atomic mass is 9.85. The second-order valence-electron chi connectivity index (χ2n) is 15.1. The number of carbonyl (C=O) groups is 3. The third kappa shape index (κ3) is 13.5. The lowest BCUT2D eigenvalue weighted by molar-refractivity contribution is -0.127. The van der Waals surface area contributed by atoms with Crippen LogP contribution in [0.5, 0.6) is 0 Å².